The number of para-hydroxylation sites is 1. The molecule has 0 spiro atoms. The summed E-state index contributed by atoms with van der Waals surface area (Å²) < 4.78 is 69.0. The van der Waals surface area contributed by atoms with Crippen LogP contribution in [0.5, 0.6) is 0 Å². The summed E-state index contributed by atoms with van der Waals surface area (Å²) in [5.41, 5.74) is 10.9. The van der Waals surface area contributed by atoms with Crippen LogP contribution in [-0.2, 0) is 11.3 Å². The van der Waals surface area contributed by atoms with E-state index >= 15 is 8.78 Å². The number of hydrogen-bond donors (Lipinski definition) is 0. The number of hydrogen-bond acceptors (Lipinski definition) is 1. The maximum atomic E-state index is 15.7. The maximum absolute atomic E-state index is 15.7. The summed E-state index contributed by atoms with van der Waals surface area (Å²) in [6, 6.07) is 33.0. The molecule has 2 atom stereocenters. The normalized spacial score (nSPS) is 16.6. The highest BCUT2D eigenvalue weighted by molar-refractivity contribution is 6.83. The molecule has 6 aromatic rings. The van der Waals surface area contributed by atoms with E-state index < -0.39 is 31.3 Å². The van der Waals surface area contributed by atoms with Crippen LogP contribution >= 0.6 is 0 Å². The number of nitrogens with zero attached hydrogens (tertiary/aromatic N) is 1. The summed E-state index contributed by atoms with van der Waals surface area (Å²) in [4.78, 5) is 0. The van der Waals surface area contributed by atoms with Gasteiger partial charge in [0.05, 0.1) is 31.4 Å². The third-order valence-corrected chi connectivity index (χ3v) is 17.5. The van der Waals surface area contributed by atoms with Gasteiger partial charge in [-0.2, -0.15) is 0 Å². The van der Waals surface area contributed by atoms with Gasteiger partial charge in [0.25, 0.3) is 0 Å². The first-order valence-electron chi connectivity index (χ1n) is 18.9. The van der Waals surface area contributed by atoms with Gasteiger partial charge in [0.15, 0.2) is 23.3 Å². The average Bonchev–Trinajstić information content (AvgIpc) is 3.79. The van der Waals surface area contributed by atoms with Crippen molar-refractivity contribution in [2.75, 3.05) is 6.61 Å². The zero-order chi connectivity index (χ0) is 36.8. The number of fused-ring (bicyclic) bond motifs is 10. The molecule has 5 aromatic carbocycles. The number of benzene rings is 5. The summed E-state index contributed by atoms with van der Waals surface area (Å²) in [7, 11) is -2.53. The highest BCUT2D eigenvalue weighted by atomic mass is 28.3. The molecule has 2 aliphatic carbocycles. The minimum atomic E-state index is -2.53. The van der Waals surface area contributed by atoms with Crippen molar-refractivity contribution in [3.63, 3.8) is 0 Å². The van der Waals surface area contributed by atoms with Gasteiger partial charge < -0.3 is 9.30 Å². The number of rotatable bonds is 9. The summed E-state index contributed by atoms with van der Waals surface area (Å²) in [5, 5.41) is 0.978. The predicted molar refractivity (Wildman–Crippen MR) is 208 cm³/mol. The monoisotopic (exact) mass is 729 g/mol. The molecule has 2 nitrogen and oxygen atoms in total. The van der Waals surface area contributed by atoms with Crippen molar-refractivity contribution in [2.24, 2.45) is 0 Å². The molecule has 1 aromatic heterocycles. The topological polar surface area (TPSA) is 14.2 Å². The van der Waals surface area contributed by atoms with Crippen LogP contribution in [0, 0.1) is 23.3 Å². The number of unbranched alkanes of at least 4 members (excludes halogenated alkanes) is 3. The van der Waals surface area contributed by atoms with Crippen molar-refractivity contribution in [3.8, 4) is 33.5 Å². The third kappa shape index (κ3) is 5.14. The molecule has 9 rings (SSSR count). The average molecular weight is 730 g/mol. The van der Waals surface area contributed by atoms with Gasteiger partial charge in [0.1, 0.15) is 0 Å². The van der Waals surface area contributed by atoms with E-state index in [-0.39, 0.29) is 34.4 Å². The fourth-order valence-corrected chi connectivity index (χ4v) is 15.9. The second kappa shape index (κ2) is 12.6. The first kappa shape index (κ1) is 34.3. The first-order chi connectivity index (χ1) is 25.5. The molecule has 53 heavy (non-hydrogen) atoms. The minimum absolute atomic E-state index is 0.0607. The Balaban J connectivity index is 1.24. The van der Waals surface area contributed by atoms with E-state index in [4.69, 9.17) is 4.74 Å². The number of halogens is 4. The van der Waals surface area contributed by atoms with E-state index in [1.807, 2.05) is 12.1 Å². The highest BCUT2D eigenvalue weighted by Crippen LogP contribution is 2.61. The Morgan fingerprint density at radius 3 is 1.87 bits per heavy atom. The van der Waals surface area contributed by atoms with Crippen LogP contribution in [0.4, 0.5) is 17.6 Å². The van der Waals surface area contributed by atoms with Crippen molar-refractivity contribution < 1.29 is 22.3 Å². The molecule has 2 unspecified atom stereocenters. The van der Waals surface area contributed by atoms with Crippen molar-refractivity contribution in [2.45, 2.75) is 82.3 Å². The smallest absolute Gasteiger partial charge is 0.198 e. The van der Waals surface area contributed by atoms with Crippen LogP contribution < -0.4 is 0 Å². The van der Waals surface area contributed by atoms with Gasteiger partial charge in [-0.05, 0) is 60.6 Å². The van der Waals surface area contributed by atoms with Crippen LogP contribution in [0.2, 0.25) is 12.6 Å². The second-order valence-electron chi connectivity index (χ2n) is 16.4. The molecule has 3 aliphatic rings. The Kier molecular flexibility index (Phi) is 8.13. The summed E-state index contributed by atoms with van der Waals surface area (Å²) >= 11 is 0. The Labute approximate surface area is 309 Å². The fraction of sp³-hybridized carbons (Fsp3) is 0.304. The molecular weight excluding hydrogens is 687 g/mol. The Morgan fingerprint density at radius 1 is 0.642 bits per heavy atom. The molecule has 7 heteroatoms. The van der Waals surface area contributed by atoms with Crippen LogP contribution in [-0.4, -0.2) is 24.8 Å². The van der Waals surface area contributed by atoms with Gasteiger partial charge in [-0.25, -0.2) is 17.6 Å². The lowest BCUT2D eigenvalue weighted by atomic mass is 9.92. The Morgan fingerprint density at radius 2 is 1.21 bits per heavy atom. The number of aromatic nitrogens is 1. The van der Waals surface area contributed by atoms with Gasteiger partial charge in [-0.3, -0.25) is 0 Å². The molecule has 0 bridgehead atoms. The highest BCUT2D eigenvalue weighted by Gasteiger charge is 2.53. The number of ether oxygens (including phenoxy) is 1. The van der Waals surface area contributed by atoms with E-state index in [0.717, 1.165) is 60.5 Å². The Hall–Kier alpha value is -4.46. The molecule has 0 amide bonds. The van der Waals surface area contributed by atoms with E-state index in [0.29, 0.717) is 5.56 Å². The van der Waals surface area contributed by atoms with E-state index in [9.17, 15) is 8.78 Å². The van der Waals surface area contributed by atoms with Crippen LogP contribution in [0.15, 0.2) is 91.0 Å². The molecule has 0 fully saturated rings. The SMILES string of the molecule is CC(C)(C)OCCCCCC[Si](C)(C1c2ccccc2-c2ccccc21)C1c2ccccc2-c2c1c1cccc3c1n2Cc1c(F)c(F)c(F)c(F)c1-3. The Bertz CT molecular complexity index is 2400. The molecule has 270 valence electrons. The molecule has 0 saturated carbocycles. The summed E-state index contributed by atoms with van der Waals surface area (Å²) in [6.45, 7) is 9.54. The maximum Gasteiger partial charge on any atom is 0.198 e. The summed E-state index contributed by atoms with van der Waals surface area (Å²) in [5.74, 6) is -6.18. The van der Waals surface area contributed by atoms with Gasteiger partial charge in [-0.1, -0.05) is 123 Å². The van der Waals surface area contributed by atoms with Crippen LogP contribution in [0.1, 0.15) is 85.4 Å². The minimum Gasteiger partial charge on any atom is -0.376 e. The van der Waals surface area contributed by atoms with Gasteiger partial charge in [0.2, 0.25) is 0 Å². The van der Waals surface area contributed by atoms with Crippen molar-refractivity contribution in [1.82, 2.24) is 4.57 Å². The zero-order valence-corrected chi connectivity index (χ0v) is 31.6. The molecule has 0 radical (unpaired) electrons. The first-order valence-corrected chi connectivity index (χ1v) is 21.8. The molecule has 1 aliphatic heterocycles. The third-order valence-electron chi connectivity index (χ3n) is 12.2. The van der Waals surface area contributed by atoms with Gasteiger partial charge in [-0.15, -0.1) is 0 Å². The predicted octanol–water partition coefficient (Wildman–Crippen LogP) is 12.7. The van der Waals surface area contributed by atoms with E-state index in [2.05, 4.69) is 105 Å². The van der Waals surface area contributed by atoms with E-state index in [1.165, 1.54) is 33.4 Å². The van der Waals surface area contributed by atoms with E-state index in [1.54, 1.807) is 6.07 Å². The quantitative estimate of drug-likeness (QED) is 0.0474. The molecule has 2 heterocycles. The standard InChI is InChI=1S/C46H43F4NOSi/c1-46(2,3)52-24-13-5-6-14-25-53(4,44-30-19-10-7-16-27(30)28-17-8-11-20-31(28)44)45-32-21-12-9-18-29(32)43-37(45)34-23-15-22-33-36-35(26-51(43)42(33)34)38(47)40(49)41(50)39(36)48/h7-12,15-23,44-45H,5-6,13-14,24-26H2,1-4H3. The van der Waals surface area contributed by atoms with Crippen molar-refractivity contribution in [1.29, 1.82) is 0 Å². The van der Waals surface area contributed by atoms with Crippen LogP contribution in [0.25, 0.3) is 44.4 Å². The molecule has 0 N–H and O–H groups in total. The van der Waals surface area contributed by atoms with Crippen molar-refractivity contribution >= 4 is 19.0 Å². The fourth-order valence-electron chi connectivity index (χ4n) is 10.1. The summed E-state index contributed by atoms with van der Waals surface area (Å²) in [6.07, 6.45) is 4.30. The van der Waals surface area contributed by atoms with Gasteiger partial charge >= 0.3 is 0 Å². The van der Waals surface area contributed by atoms with Crippen LogP contribution in [0.3, 0.4) is 0 Å². The van der Waals surface area contributed by atoms with Gasteiger partial charge in [0, 0.05) is 45.3 Å². The zero-order valence-electron chi connectivity index (χ0n) is 30.6. The lowest BCUT2D eigenvalue weighted by Crippen LogP contribution is -2.45. The van der Waals surface area contributed by atoms with Crippen molar-refractivity contribution in [3.05, 3.63) is 142 Å². The lowest BCUT2D eigenvalue weighted by Gasteiger charge is -2.41. The second-order valence-corrected chi connectivity index (χ2v) is 21.1. The molecule has 0 saturated heterocycles. The largest absolute Gasteiger partial charge is 0.376 e. The lowest BCUT2D eigenvalue weighted by molar-refractivity contribution is -0.00471. The molecular formula is C46H43F4NOSi.